The van der Waals surface area contributed by atoms with Crippen molar-refractivity contribution in [2.45, 2.75) is 13.5 Å². The second kappa shape index (κ2) is 5.67. The quantitative estimate of drug-likeness (QED) is 0.672. The van der Waals surface area contributed by atoms with Gasteiger partial charge in [0.2, 0.25) is 0 Å². The van der Waals surface area contributed by atoms with Gasteiger partial charge >= 0.3 is 12.6 Å². The molecular formula is C10H10ClF2NO3. The first-order chi connectivity index (χ1) is 7.95. The van der Waals surface area contributed by atoms with Crippen LogP contribution in [0.5, 0.6) is 5.75 Å². The zero-order valence-electron chi connectivity index (χ0n) is 8.88. The van der Waals surface area contributed by atoms with E-state index in [0.29, 0.717) is 0 Å². The fourth-order valence-electron chi connectivity index (χ4n) is 1.20. The van der Waals surface area contributed by atoms with E-state index >= 15 is 0 Å². The molecule has 1 aromatic carbocycles. The Labute approximate surface area is 101 Å². The van der Waals surface area contributed by atoms with Gasteiger partial charge in [-0.1, -0.05) is 11.6 Å². The van der Waals surface area contributed by atoms with E-state index in [2.05, 4.69) is 9.47 Å². The number of carbonyl (C=O) groups is 1. The first-order valence-corrected chi connectivity index (χ1v) is 5.04. The smallest absolute Gasteiger partial charge is 0.387 e. The highest BCUT2D eigenvalue weighted by Gasteiger charge is 2.20. The average Bonchev–Trinajstić information content (AvgIpc) is 2.21. The highest BCUT2D eigenvalue weighted by molar-refractivity contribution is 6.31. The number of halogens is 3. The molecule has 1 rings (SSSR count). The molecule has 0 aliphatic carbocycles. The Hall–Kier alpha value is -1.56. The number of hydrogen-bond donors (Lipinski definition) is 1. The summed E-state index contributed by atoms with van der Waals surface area (Å²) in [5.74, 6) is -1.25. The molecule has 0 bridgehead atoms. The predicted molar refractivity (Wildman–Crippen MR) is 58.5 cm³/mol. The van der Waals surface area contributed by atoms with Crippen LogP contribution in [0.4, 0.5) is 14.5 Å². The van der Waals surface area contributed by atoms with Crippen molar-refractivity contribution in [3.8, 4) is 5.75 Å². The van der Waals surface area contributed by atoms with Crippen molar-refractivity contribution >= 4 is 23.3 Å². The fraction of sp³-hybridized carbons (Fsp3) is 0.300. The first kappa shape index (κ1) is 13.5. The molecule has 0 saturated carbocycles. The summed E-state index contributed by atoms with van der Waals surface area (Å²) in [6.07, 6.45) is 0. The molecule has 0 aliphatic heterocycles. The van der Waals surface area contributed by atoms with Gasteiger partial charge in [0, 0.05) is 5.02 Å². The van der Waals surface area contributed by atoms with E-state index in [0.717, 1.165) is 6.07 Å². The van der Waals surface area contributed by atoms with Crippen LogP contribution in [-0.2, 0) is 4.74 Å². The minimum absolute atomic E-state index is 0.0966. The third kappa shape index (κ3) is 3.45. The molecule has 0 heterocycles. The van der Waals surface area contributed by atoms with Crippen LogP contribution in [0.3, 0.4) is 0 Å². The number of benzene rings is 1. The van der Waals surface area contributed by atoms with Gasteiger partial charge in [-0.25, -0.2) is 4.79 Å². The molecule has 94 valence electrons. The van der Waals surface area contributed by atoms with Gasteiger partial charge < -0.3 is 15.2 Å². The third-order valence-electron chi connectivity index (χ3n) is 1.78. The predicted octanol–water partition coefficient (Wildman–Crippen LogP) is 2.70. The lowest BCUT2D eigenvalue weighted by Gasteiger charge is -2.12. The number of hydrogen-bond acceptors (Lipinski definition) is 4. The van der Waals surface area contributed by atoms with Gasteiger partial charge in [0.25, 0.3) is 0 Å². The SMILES string of the molecule is CCOC(=O)c1cc(Cl)cc(N)c1OC(F)F. The molecule has 0 fully saturated rings. The number of esters is 1. The molecule has 2 N–H and O–H groups in total. The van der Waals surface area contributed by atoms with Gasteiger partial charge in [-0.15, -0.1) is 0 Å². The highest BCUT2D eigenvalue weighted by atomic mass is 35.5. The fourth-order valence-corrected chi connectivity index (χ4v) is 1.42. The van der Waals surface area contributed by atoms with Gasteiger partial charge in [-0.2, -0.15) is 8.78 Å². The molecule has 4 nitrogen and oxygen atoms in total. The maximum absolute atomic E-state index is 12.2. The van der Waals surface area contributed by atoms with Crippen LogP contribution in [0, 0.1) is 0 Å². The molecule has 0 radical (unpaired) electrons. The number of nitrogen functional groups attached to an aromatic ring is 1. The minimum Gasteiger partial charge on any atom is -0.462 e. The molecule has 0 saturated heterocycles. The van der Waals surface area contributed by atoms with Crippen LogP contribution >= 0.6 is 11.6 Å². The van der Waals surface area contributed by atoms with Crippen molar-refractivity contribution in [1.29, 1.82) is 0 Å². The Bertz CT molecular complexity index is 426. The van der Waals surface area contributed by atoms with Crippen LogP contribution in [0.25, 0.3) is 0 Å². The first-order valence-electron chi connectivity index (χ1n) is 4.66. The van der Waals surface area contributed by atoms with Crippen molar-refractivity contribution in [3.05, 3.63) is 22.7 Å². The molecule has 7 heteroatoms. The van der Waals surface area contributed by atoms with Crippen LogP contribution in [-0.4, -0.2) is 19.2 Å². The minimum atomic E-state index is -3.09. The van der Waals surface area contributed by atoms with Crippen LogP contribution in [0.2, 0.25) is 5.02 Å². The zero-order chi connectivity index (χ0) is 13.0. The topological polar surface area (TPSA) is 61.5 Å². The second-order valence-corrected chi connectivity index (χ2v) is 3.41. The Morgan fingerprint density at radius 1 is 1.53 bits per heavy atom. The molecule has 0 aromatic heterocycles. The molecule has 1 aromatic rings. The summed E-state index contributed by atoms with van der Waals surface area (Å²) in [6.45, 7) is -1.41. The van der Waals surface area contributed by atoms with Gasteiger partial charge in [0.15, 0.2) is 5.75 Å². The van der Waals surface area contributed by atoms with Gasteiger partial charge in [-0.05, 0) is 19.1 Å². The van der Waals surface area contributed by atoms with Crippen LogP contribution in [0.15, 0.2) is 12.1 Å². The van der Waals surface area contributed by atoms with Crippen LogP contribution < -0.4 is 10.5 Å². The summed E-state index contributed by atoms with van der Waals surface area (Å²) in [5.41, 5.74) is 5.08. The summed E-state index contributed by atoms with van der Waals surface area (Å²) in [4.78, 5) is 11.5. The van der Waals surface area contributed by atoms with E-state index in [1.165, 1.54) is 6.07 Å². The average molecular weight is 266 g/mol. The Morgan fingerprint density at radius 2 is 2.18 bits per heavy atom. The van der Waals surface area contributed by atoms with E-state index in [4.69, 9.17) is 17.3 Å². The van der Waals surface area contributed by atoms with Gasteiger partial charge in [0.1, 0.15) is 5.56 Å². The van der Waals surface area contributed by atoms with Crippen molar-refractivity contribution in [2.24, 2.45) is 0 Å². The monoisotopic (exact) mass is 265 g/mol. The number of alkyl halides is 2. The summed E-state index contributed by atoms with van der Waals surface area (Å²) in [6, 6.07) is 2.37. The maximum Gasteiger partial charge on any atom is 0.387 e. The molecule has 0 atom stereocenters. The van der Waals surface area contributed by atoms with E-state index in [1.54, 1.807) is 6.92 Å². The van der Waals surface area contributed by atoms with E-state index in [1.807, 2.05) is 0 Å². The Kier molecular flexibility index (Phi) is 4.51. The molecular weight excluding hydrogens is 256 g/mol. The largest absolute Gasteiger partial charge is 0.462 e. The Morgan fingerprint density at radius 3 is 2.71 bits per heavy atom. The lowest BCUT2D eigenvalue weighted by molar-refractivity contribution is -0.0499. The Balaban J connectivity index is 3.19. The maximum atomic E-state index is 12.2. The molecule has 0 amide bonds. The normalized spacial score (nSPS) is 10.4. The van der Waals surface area contributed by atoms with Crippen molar-refractivity contribution < 1.29 is 23.0 Å². The lowest BCUT2D eigenvalue weighted by Crippen LogP contribution is -2.12. The summed E-state index contributed by atoms with van der Waals surface area (Å²) >= 11 is 5.67. The van der Waals surface area contributed by atoms with E-state index < -0.39 is 18.3 Å². The van der Waals surface area contributed by atoms with Crippen molar-refractivity contribution in [2.75, 3.05) is 12.3 Å². The van der Waals surface area contributed by atoms with Gasteiger partial charge in [-0.3, -0.25) is 0 Å². The third-order valence-corrected chi connectivity index (χ3v) is 2.00. The second-order valence-electron chi connectivity index (χ2n) is 2.97. The number of ether oxygens (including phenoxy) is 2. The van der Waals surface area contributed by atoms with Crippen molar-refractivity contribution in [3.63, 3.8) is 0 Å². The lowest BCUT2D eigenvalue weighted by atomic mass is 10.1. The summed E-state index contributed by atoms with van der Waals surface area (Å²) < 4.78 is 33.2. The standard InChI is InChI=1S/C10H10ClF2NO3/c1-2-16-9(15)6-3-5(11)4-7(14)8(6)17-10(12)13/h3-4,10H,2,14H2,1H3. The highest BCUT2D eigenvalue weighted by Crippen LogP contribution is 2.32. The molecule has 0 unspecified atom stereocenters. The summed E-state index contributed by atoms with van der Waals surface area (Å²) in [7, 11) is 0. The summed E-state index contributed by atoms with van der Waals surface area (Å²) in [5, 5.41) is 0.132. The van der Waals surface area contributed by atoms with E-state index in [-0.39, 0.29) is 22.9 Å². The van der Waals surface area contributed by atoms with Crippen molar-refractivity contribution in [1.82, 2.24) is 0 Å². The van der Waals surface area contributed by atoms with Gasteiger partial charge in [0.05, 0.1) is 12.3 Å². The zero-order valence-corrected chi connectivity index (χ0v) is 9.63. The molecule has 17 heavy (non-hydrogen) atoms. The number of carbonyl (C=O) groups excluding carboxylic acids is 1. The number of rotatable bonds is 4. The molecule has 0 spiro atoms. The van der Waals surface area contributed by atoms with Crippen LogP contribution in [0.1, 0.15) is 17.3 Å². The number of anilines is 1. The molecule has 0 aliphatic rings. The van der Waals surface area contributed by atoms with E-state index in [9.17, 15) is 13.6 Å². The number of nitrogens with two attached hydrogens (primary N) is 1.